The standard InChI is InChI=1S/C19H23NO.ClH/c1-3-9-19(20-2)21-18-13-8-7-12-17(18)15-14-16-10-5-4-6-11-16;/h4-8,10-15,19-20H,3,9H2,1-2H3;1H/b15-14+;. The van der Waals surface area contributed by atoms with E-state index in [-0.39, 0.29) is 18.6 Å². The highest BCUT2D eigenvalue weighted by Gasteiger charge is 2.08. The minimum absolute atomic E-state index is 0. The van der Waals surface area contributed by atoms with Crippen molar-refractivity contribution in [2.75, 3.05) is 7.05 Å². The maximum absolute atomic E-state index is 6.06. The van der Waals surface area contributed by atoms with Crippen molar-refractivity contribution in [1.82, 2.24) is 5.32 Å². The molecule has 0 radical (unpaired) electrons. The van der Waals surface area contributed by atoms with Crippen LogP contribution in [0.4, 0.5) is 0 Å². The van der Waals surface area contributed by atoms with Gasteiger partial charge in [-0.2, -0.15) is 0 Å². The second kappa shape index (κ2) is 10.0. The third-order valence-corrected chi connectivity index (χ3v) is 3.32. The first-order valence-corrected chi connectivity index (χ1v) is 7.49. The largest absolute Gasteiger partial charge is 0.475 e. The van der Waals surface area contributed by atoms with E-state index in [1.807, 2.05) is 43.4 Å². The van der Waals surface area contributed by atoms with Crippen LogP contribution in [0.1, 0.15) is 30.9 Å². The summed E-state index contributed by atoms with van der Waals surface area (Å²) < 4.78 is 6.06. The Hall–Kier alpha value is -1.77. The molecule has 0 spiro atoms. The number of ether oxygens (including phenoxy) is 1. The molecule has 2 rings (SSSR count). The average molecular weight is 318 g/mol. The Morgan fingerprint density at radius 2 is 1.68 bits per heavy atom. The van der Waals surface area contributed by atoms with Crippen LogP contribution in [-0.2, 0) is 0 Å². The number of hydrogen-bond donors (Lipinski definition) is 1. The van der Waals surface area contributed by atoms with E-state index in [9.17, 15) is 0 Å². The van der Waals surface area contributed by atoms with Gasteiger partial charge in [0.2, 0.25) is 0 Å². The zero-order chi connectivity index (χ0) is 14.9. The fraction of sp³-hybridized carbons (Fsp3) is 0.263. The molecule has 2 nitrogen and oxygen atoms in total. The van der Waals surface area contributed by atoms with E-state index in [2.05, 4.69) is 42.6 Å². The lowest BCUT2D eigenvalue weighted by molar-refractivity contribution is 0.162. The van der Waals surface area contributed by atoms with Crippen LogP contribution in [0.2, 0.25) is 0 Å². The number of nitrogens with one attached hydrogen (secondary N) is 1. The molecule has 22 heavy (non-hydrogen) atoms. The number of halogens is 1. The zero-order valence-electron chi connectivity index (χ0n) is 13.2. The second-order valence-corrected chi connectivity index (χ2v) is 4.97. The molecule has 0 amide bonds. The van der Waals surface area contributed by atoms with Gasteiger partial charge in [0, 0.05) is 5.56 Å². The summed E-state index contributed by atoms with van der Waals surface area (Å²) in [5.41, 5.74) is 2.28. The maximum atomic E-state index is 6.06. The van der Waals surface area contributed by atoms with Crippen molar-refractivity contribution in [3.63, 3.8) is 0 Å². The highest BCUT2D eigenvalue weighted by Crippen LogP contribution is 2.22. The normalized spacial score (nSPS) is 11.9. The molecule has 0 aromatic heterocycles. The summed E-state index contributed by atoms with van der Waals surface area (Å²) >= 11 is 0. The summed E-state index contributed by atoms with van der Waals surface area (Å²) in [7, 11) is 1.93. The predicted octanol–water partition coefficient (Wildman–Crippen LogP) is 5.00. The maximum Gasteiger partial charge on any atom is 0.149 e. The fourth-order valence-corrected chi connectivity index (χ4v) is 2.15. The Balaban J connectivity index is 0.00000242. The minimum atomic E-state index is 0. The van der Waals surface area contributed by atoms with Crippen molar-refractivity contribution in [1.29, 1.82) is 0 Å². The Morgan fingerprint density at radius 3 is 2.36 bits per heavy atom. The molecule has 0 heterocycles. The molecular formula is C19H24ClNO. The molecule has 2 aromatic rings. The number of hydrogen-bond acceptors (Lipinski definition) is 2. The lowest BCUT2D eigenvalue weighted by Gasteiger charge is -2.19. The summed E-state index contributed by atoms with van der Waals surface area (Å²) in [6.45, 7) is 2.16. The van der Waals surface area contributed by atoms with E-state index >= 15 is 0 Å². The fourth-order valence-electron chi connectivity index (χ4n) is 2.15. The van der Waals surface area contributed by atoms with E-state index in [0.717, 1.165) is 24.2 Å². The van der Waals surface area contributed by atoms with Crippen molar-refractivity contribution in [3.8, 4) is 5.75 Å². The molecule has 0 aliphatic heterocycles. The van der Waals surface area contributed by atoms with Gasteiger partial charge in [-0.1, -0.05) is 74.0 Å². The van der Waals surface area contributed by atoms with Gasteiger partial charge < -0.3 is 4.74 Å². The number of para-hydroxylation sites is 1. The SMILES string of the molecule is CCCC(NC)Oc1ccccc1/C=C/c1ccccc1.Cl. The molecule has 1 unspecified atom stereocenters. The molecular weight excluding hydrogens is 294 g/mol. The first-order chi connectivity index (χ1) is 10.3. The first-order valence-electron chi connectivity index (χ1n) is 7.49. The number of benzene rings is 2. The summed E-state index contributed by atoms with van der Waals surface area (Å²) in [5.74, 6) is 0.914. The minimum Gasteiger partial charge on any atom is -0.475 e. The molecule has 0 saturated carbocycles. The Morgan fingerprint density at radius 1 is 1.00 bits per heavy atom. The van der Waals surface area contributed by atoms with Gasteiger partial charge in [0.25, 0.3) is 0 Å². The molecule has 0 fully saturated rings. The second-order valence-electron chi connectivity index (χ2n) is 4.97. The van der Waals surface area contributed by atoms with E-state index in [0.29, 0.717) is 0 Å². The monoisotopic (exact) mass is 317 g/mol. The van der Waals surface area contributed by atoms with Crippen molar-refractivity contribution >= 4 is 24.6 Å². The highest BCUT2D eigenvalue weighted by atomic mass is 35.5. The third-order valence-electron chi connectivity index (χ3n) is 3.32. The van der Waals surface area contributed by atoms with Crippen molar-refractivity contribution in [2.24, 2.45) is 0 Å². The van der Waals surface area contributed by atoms with Gasteiger partial charge in [-0.3, -0.25) is 5.32 Å². The first kappa shape index (κ1) is 18.3. The molecule has 0 saturated heterocycles. The average Bonchev–Trinajstić information content (AvgIpc) is 2.54. The van der Waals surface area contributed by atoms with Crippen LogP contribution >= 0.6 is 12.4 Å². The van der Waals surface area contributed by atoms with Crippen molar-refractivity contribution < 1.29 is 4.74 Å². The summed E-state index contributed by atoms with van der Waals surface area (Å²) in [5, 5.41) is 3.21. The summed E-state index contributed by atoms with van der Waals surface area (Å²) in [4.78, 5) is 0. The Bertz CT molecular complexity index is 569. The van der Waals surface area contributed by atoms with E-state index in [1.54, 1.807) is 0 Å². The smallest absolute Gasteiger partial charge is 0.149 e. The molecule has 0 bridgehead atoms. The van der Waals surface area contributed by atoms with Crippen LogP contribution in [0.25, 0.3) is 12.2 Å². The van der Waals surface area contributed by atoms with E-state index in [1.165, 1.54) is 5.56 Å². The topological polar surface area (TPSA) is 21.3 Å². The molecule has 0 aliphatic rings. The number of rotatable bonds is 7. The van der Waals surface area contributed by atoms with Crippen LogP contribution in [0.5, 0.6) is 5.75 Å². The third kappa shape index (κ3) is 5.55. The summed E-state index contributed by atoms with van der Waals surface area (Å²) in [6, 6.07) is 18.4. The van der Waals surface area contributed by atoms with Gasteiger partial charge in [0.15, 0.2) is 0 Å². The summed E-state index contributed by atoms with van der Waals surface area (Å²) in [6.07, 6.45) is 6.35. The van der Waals surface area contributed by atoms with Crippen molar-refractivity contribution in [2.45, 2.75) is 26.0 Å². The van der Waals surface area contributed by atoms with E-state index in [4.69, 9.17) is 4.74 Å². The Kier molecular flexibility index (Phi) is 8.34. The Labute approximate surface area is 139 Å². The lowest BCUT2D eigenvalue weighted by Crippen LogP contribution is -2.31. The predicted molar refractivity (Wildman–Crippen MR) is 97.4 cm³/mol. The molecule has 1 N–H and O–H groups in total. The van der Waals surface area contributed by atoms with Crippen LogP contribution in [0.3, 0.4) is 0 Å². The van der Waals surface area contributed by atoms with E-state index < -0.39 is 0 Å². The molecule has 118 valence electrons. The molecule has 1 atom stereocenters. The molecule has 2 aromatic carbocycles. The van der Waals surface area contributed by atoms with Gasteiger partial charge in [-0.25, -0.2) is 0 Å². The van der Waals surface area contributed by atoms with Crippen LogP contribution in [0, 0.1) is 0 Å². The van der Waals surface area contributed by atoms with Crippen LogP contribution in [0.15, 0.2) is 54.6 Å². The van der Waals surface area contributed by atoms with Crippen molar-refractivity contribution in [3.05, 3.63) is 65.7 Å². The van der Waals surface area contributed by atoms with Gasteiger partial charge in [0.1, 0.15) is 12.0 Å². The molecule has 0 aliphatic carbocycles. The zero-order valence-corrected chi connectivity index (χ0v) is 14.0. The molecule has 3 heteroatoms. The van der Waals surface area contributed by atoms with Gasteiger partial charge in [-0.05, 0) is 25.1 Å². The van der Waals surface area contributed by atoms with Crippen LogP contribution in [-0.4, -0.2) is 13.3 Å². The quantitative estimate of drug-likeness (QED) is 0.573. The van der Waals surface area contributed by atoms with Crippen LogP contribution < -0.4 is 10.1 Å². The van der Waals surface area contributed by atoms with Gasteiger partial charge in [-0.15, -0.1) is 12.4 Å². The lowest BCUT2D eigenvalue weighted by atomic mass is 10.1. The van der Waals surface area contributed by atoms with Gasteiger partial charge >= 0.3 is 0 Å². The van der Waals surface area contributed by atoms with Gasteiger partial charge in [0.05, 0.1) is 0 Å². The highest BCUT2D eigenvalue weighted by molar-refractivity contribution is 5.85.